The van der Waals surface area contributed by atoms with Crippen molar-refractivity contribution in [3.05, 3.63) is 35.9 Å². The summed E-state index contributed by atoms with van der Waals surface area (Å²) in [4.78, 5) is 0. The van der Waals surface area contributed by atoms with Crippen molar-refractivity contribution >= 4 is 8.80 Å². The lowest BCUT2D eigenvalue weighted by molar-refractivity contribution is -0.919. The Balaban J connectivity index is 3.02. The zero-order chi connectivity index (χ0) is 15.2. The lowest BCUT2D eigenvalue weighted by Gasteiger charge is -2.43. The third-order valence-electron chi connectivity index (χ3n) is 3.93. The molecule has 0 radical (unpaired) electrons. The van der Waals surface area contributed by atoms with Gasteiger partial charge in [-0.3, -0.25) is 0 Å². The summed E-state index contributed by atoms with van der Waals surface area (Å²) in [5, 5.41) is 0. The summed E-state index contributed by atoms with van der Waals surface area (Å²) in [5.74, 6) is 0. The highest BCUT2D eigenvalue weighted by molar-refractivity contribution is 6.62. The van der Waals surface area contributed by atoms with Crippen LogP contribution in [0.25, 0.3) is 0 Å². The van der Waals surface area contributed by atoms with E-state index >= 15 is 0 Å². The van der Waals surface area contributed by atoms with E-state index in [1.807, 2.05) is 6.07 Å². The number of rotatable bonds is 8. The molecule has 0 heterocycles. The molecule has 0 fully saturated rings. The van der Waals surface area contributed by atoms with Gasteiger partial charge in [-0.25, -0.2) is 0 Å². The third kappa shape index (κ3) is 3.68. The maximum Gasteiger partial charge on any atom is 0.561 e. The van der Waals surface area contributed by atoms with Crippen LogP contribution < -0.4 is 0 Å². The quantitative estimate of drug-likeness (QED) is 0.545. The Hall–Kier alpha value is -0.723. The van der Waals surface area contributed by atoms with Crippen molar-refractivity contribution in [2.75, 3.05) is 35.4 Å². The van der Waals surface area contributed by atoms with Crippen LogP contribution in [-0.4, -0.2) is 54.4 Å². The summed E-state index contributed by atoms with van der Waals surface area (Å²) in [7, 11) is 6.81. The second-order valence-corrected chi connectivity index (χ2v) is 8.66. The molecule has 0 N–H and O–H groups in total. The fourth-order valence-corrected chi connectivity index (χ4v) is 5.76. The van der Waals surface area contributed by atoms with Crippen LogP contribution in [0, 0.1) is 0 Å². The first-order chi connectivity index (χ1) is 9.45. The predicted octanol–water partition coefficient (Wildman–Crippen LogP) is 2.46. The molecule has 0 spiro atoms. The van der Waals surface area contributed by atoms with E-state index in [2.05, 4.69) is 45.3 Å². The van der Waals surface area contributed by atoms with Gasteiger partial charge in [0, 0.05) is 33.3 Å². The second-order valence-electron chi connectivity index (χ2n) is 5.56. The predicted molar refractivity (Wildman–Crippen MR) is 83.1 cm³/mol. The molecule has 1 aromatic carbocycles. The van der Waals surface area contributed by atoms with E-state index in [1.165, 1.54) is 5.56 Å². The van der Waals surface area contributed by atoms with Crippen molar-refractivity contribution in [3.63, 3.8) is 0 Å². The van der Waals surface area contributed by atoms with E-state index in [1.54, 1.807) is 21.3 Å². The van der Waals surface area contributed by atoms with E-state index in [9.17, 15) is 0 Å². The van der Waals surface area contributed by atoms with Gasteiger partial charge in [0.05, 0.1) is 14.1 Å². The molecule has 0 amide bonds. The van der Waals surface area contributed by atoms with Crippen LogP contribution in [0.1, 0.15) is 18.9 Å². The summed E-state index contributed by atoms with van der Waals surface area (Å²) in [5.41, 5.74) is 1.50. The fourth-order valence-electron chi connectivity index (χ4n) is 2.99. The molecule has 0 aliphatic carbocycles. The fraction of sp³-hybridized carbons (Fsp3) is 0.600. The molecule has 114 valence electrons. The van der Waals surface area contributed by atoms with E-state index in [0.29, 0.717) is 0 Å². The highest BCUT2D eigenvalue weighted by Gasteiger charge is 2.55. The van der Waals surface area contributed by atoms with Gasteiger partial charge in [0.1, 0.15) is 6.54 Å². The molecule has 0 bridgehead atoms. The monoisotopic (exact) mass is 298 g/mol. The average Bonchev–Trinajstić information content (AvgIpc) is 2.45. The summed E-state index contributed by atoms with van der Waals surface area (Å²) >= 11 is 0. The summed E-state index contributed by atoms with van der Waals surface area (Å²) in [6.07, 6.45) is 0.946. The van der Waals surface area contributed by atoms with E-state index in [0.717, 1.165) is 17.4 Å². The van der Waals surface area contributed by atoms with Crippen LogP contribution in [-0.2, 0) is 19.8 Å². The Bertz CT molecular complexity index is 385. The Morgan fingerprint density at radius 1 is 1.00 bits per heavy atom. The van der Waals surface area contributed by atoms with Crippen molar-refractivity contribution < 1.29 is 17.8 Å². The molecule has 0 aliphatic heterocycles. The van der Waals surface area contributed by atoms with Crippen LogP contribution >= 0.6 is 0 Å². The normalized spacial score (nSPS) is 14.3. The number of nitrogens with zero attached hydrogens (tertiary/aromatic N) is 1. The highest BCUT2D eigenvalue weighted by Crippen LogP contribution is 2.26. The molecule has 0 aromatic heterocycles. The summed E-state index contributed by atoms with van der Waals surface area (Å²) in [6.45, 7) is 3.08. The largest absolute Gasteiger partial charge is 0.561 e. The van der Waals surface area contributed by atoms with E-state index in [4.69, 9.17) is 13.3 Å². The molecule has 4 nitrogen and oxygen atoms in total. The lowest BCUT2D eigenvalue weighted by atomic mass is 10.2. The Morgan fingerprint density at radius 3 is 1.90 bits per heavy atom. The van der Waals surface area contributed by atoms with Gasteiger partial charge in [-0.2, -0.15) is 0 Å². The zero-order valence-corrected chi connectivity index (χ0v) is 14.6. The number of benzene rings is 1. The molecule has 1 unspecified atom stereocenters. The second kappa shape index (κ2) is 7.33. The van der Waals surface area contributed by atoms with Gasteiger partial charge < -0.3 is 17.8 Å². The lowest BCUT2D eigenvalue weighted by Crippen LogP contribution is -2.66. The van der Waals surface area contributed by atoms with Gasteiger partial charge in [0.2, 0.25) is 0 Å². The molecule has 20 heavy (non-hydrogen) atoms. The summed E-state index contributed by atoms with van der Waals surface area (Å²) < 4.78 is 17.9. The standard InChI is InChI=1S/C15H28NO3Si/c1-7-15(20(17-4,18-5)19-6)16(2,3)13-14-11-9-8-10-12-14/h8-12,15H,7,13H2,1-6H3/q+1. The average molecular weight is 298 g/mol. The van der Waals surface area contributed by atoms with Gasteiger partial charge in [-0.05, 0) is 0 Å². The molecule has 0 saturated carbocycles. The van der Waals surface area contributed by atoms with Gasteiger partial charge >= 0.3 is 8.80 Å². The molecular weight excluding hydrogens is 270 g/mol. The topological polar surface area (TPSA) is 27.7 Å². The first kappa shape index (κ1) is 17.3. The van der Waals surface area contributed by atoms with Crippen molar-refractivity contribution in [1.82, 2.24) is 0 Å². The minimum Gasteiger partial charge on any atom is -0.373 e. The Labute approximate surface area is 124 Å². The zero-order valence-electron chi connectivity index (χ0n) is 13.6. The van der Waals surface area contributed by atoms with Gasteiger partial charge in [0.15, 0.2) is 5.67 Å². The molecule has 0 aliphatic rings. The van der Waals surface area contributed by atoms with E-state index < -0.39 is 8.80 Å². The SMILES string of the molecule is CCC([N+](C)(C)Cc1ccccc1)[Si](OC)(OC)OC. The molecule has 5 heteroatoms. The van der Waals surface area contributed by atoms with Gasteiger partial charge in [-0.15, -0.1) is 0 Å². The van der Waals surface area contributed by atoms with E-state index in [-0.39, 0.29) is 5.67 Å². The number of hydrogen-bond acceptors (Lipinski definition) is 3. The Kier molecular flexibility index (Phi) is 6.35. The molecular formula is C15H28NO3Si+. The van der Waals surface area contributed by atoms with Crippen LogP contribution in [0.15, 0.2) is 30.3 Å². The van der Waals surface area contributed by atoms with Gasteiger partial charge in [-0.1, -0.05) is 37.3 Å². The van der Waals surface area contributed by atoms with Crippen LogP contribution in [0.5, 0.6) is 0 Å². The van der Waals surface area contributed by atoms with Crippen LogP contribution in [0.4, 0.5) is 0 Å². The van der Waals surface area contributed by atoms with Crippen LogP contribution in [0.2, 0.25) is 0 Å². The number of quaternary nitrogens is 1. The minimum atomic E-state index is -2.66. The van der Waals surface area contributed by atoms with Crippen molar-refractivity contribution in [1.29, 1.82) is 0 Å². The molecule has 1 atom stereocenters. The third-order valence-corrected chi connectivity index (χ3v) is 7.56. The highest BCUT2D eigenvalue weighted by atomic mass is 28.4. The first-order valence-corrected chi connectivity index (χ1v) is 8.78. The van der Waals surface area contributed by atoms with Crippen molar-refractivity contribution in [3.8, 4) is 0 Å². The number of hydrogen-bond donors (Lipinski definition) is 0. The maximum atomic E-state index is 5.69. The molecule has 1 rings (SSSR count). The summed E-state index contributed by atoms with van der Waals surface area (Å²) in [6, 6.07) is 10.5. The van der Waals surface area contributed by atoms with Crippen molar-refractivity contribution in [2.45, 2.75) is 25.6 Å². The molecule has 1 aromatic rings. The molecule has 0 saturated heterocycles. The Morgan fingerprint density at radius 2 is 1.50 bits per heavy atom. The smallest absolute Gasteiger partial charge is 0.373 e. The minimum absolute atomic E-state index is 0.197. The van der Waals surface area contributed by atoms with Crippen molar-refractivity contribution in [2.24, 2.45) is 0 Å². The first-order valence-electron chi connectivity index (χ1n) is 6.97. The maximum absolute atomic E-state index is 5.69. The van der Waals surface area contributed by atoms with Gasteiger partial charge in [0.25, 0.3) is 0 Å². The van der Waals surface area contributed by atoms with Crippen LogP contribution in [0.3, 0.4) is 0 Å².